The molecule has 0 N–H and O–H groups in total. The Morgan fingerprint density at radius 1 is 1.00 bits per heavy atom. The third kappa shape index (κ3) is 4.56. The molecule has 28 heavy (non-hydrogen) atoms. The lowest BCUT2D eigenvalue weighted by molar-refractivity contribution is 0.0697. The first-order valence-corrected chi connectivity index (χ1v) is 12.5. The minimum absolute atomic E-state index is 0.0332. The lowest BCUT2D eigenvalue weighted by Crippen LogP contribution is -2.50. The zero-order valence-electron chi connectivity index (χ0n) is 16.9. The second-order valence-corrected chi connectivity index (χ2v) is 10.8. The van der Waals surface area contributed by atoms with Crippen LogP contribution in [0, 0.1) is 6.92 Å². The second kappa shape index (κ2) is 8.89. The van der Waals surface area contributed by atoms with Crippen LogP contribution in [0.5, 0.6) is 0 Å². The van der Waals surface area contributed by atoms with E-state index < -0.39 is 20.0 Å². The lowest BCUT2D eigenvalue weighted by atomic mass is 10.1. The van der Waals surface area contributed by atoms with Gasteiger partial charge in [-0.2, -0.15) is 8.61 Å². The van der Waals surface area contributed by atoms with Crippen LogP contribution in [0.15, 0.2) is 23.1 Å². The molecule has 1 amide bonds. The van der Waals surface area contributed by atoms with Gasteiger partial charge in [-0.05, 0) is 31.5 Å². The number of carbonyl (C=O) groups excluding carboxylic acids is 1. The molecule has 0 saturated carbocycles. The monoisotopic (exact) mass is 431 g/mol. The van der Waals surface area contributed by atoms with Crippen molar-refractivity contribution in [1.29, 1.82) is 0 Å². The Morgan fingerprint density at radius 3 is 2.07 bits per heavy atom. The number of carbonyl (C=O) groups is 1. The minimum atomic E-state index is -3.68. The third-order valence-electron chi connectivity index (χ3n) is 5.04. The fraction of sp³-hybridized carbons (Fsp3) is 0.611. The number of amides is 1. The van der Waals surface area contributed by atoms with Gasteiger partial charge in [0.25, 0.3) is 5.91 Å². The first kappa shape index (κ1) is 22.8. The molecule has 0 unspecified atom stereocenters. The van der Waals surface area contributed by atoms with Crippen LogP contribution < -0.4 is 0 Å². The van der Waals surface area contributed by atoms with Crippen LogP contribution in [0.2, 0.25) is 0 Å². The van der Waals surface area contributed by atoms with E-state index in [9.17, 15) is 21.6 Å². The van der Waals surface area contributed by atoms with E-state index in [0.717, 1.165) is 0 Å². The van der Waals surface area contributed by atoms with Gasteiger partial charge in [0.15, 0.2) is 0 Å². The van der Waals surface area contributed by atoms with Gasteiger partial charge < -0.3 is 4.90 Å². The topological polar surface area (TPSA) is 95.1 Å². The summed E-state index contributed by atoms with van der Waals surface area (Å²) in [4.78, 5) is 14.6. The van der Waals surface area contributed by atoms with Gasteiger partial charge in [-0.1, -0.05) is 19.9 Å². The van der Waals surface area contributed by atoms with E-state index in [2.05, 4.69) is 0 Å². The molecule has 1 aliphatic heterocycles. The molecule has 8 nitrogen and oxygen atoms in total. The van der Waals surface area contributed by atoms with Gasteiger partial charge in [-0.15, -0.1) is 0 Å². The van der Waals surface area contributed by atoms with E-state index in [1.54, 1.807) is 44.7 Å². The van der Waals surface area contributed by atoms with Crippen molar-refractivity contribution in [2.24, 2.45) is 0 Å². The standard InChI is InChI=1S/C18H29N3O5S2/c1-5-20(6-2)28(25,26)17-14-16(9-8-15(17)4)18(22)19-10-12-21(13-11-19)27(23,24)7-3/h8-9,14H,5-7,10-13H2,1-4H3. The maximum Gasteiger partial charge on any atom is 0.253 e. The highest BCUT2D eigenvalue weighted by Crippen LogP contribution is 2.22. The summed E-state index contributed by atoms with van der Waals surface area (Å²) in [6.07, 6.45) is 0. The fourth-order valence-corrected chi connectivity index (χ4v) is 6.04. The molecular weight excluding hydrogens is 402 g/mol. The molecule has 1 aromatic rings. The smallest absolute Gasteiger partial charge is 0.253 e. The molecule has 1 aromatic carbocycles. The van der Waals surface area contributed by atoms with Crippen molar-refractivity contribution in [1.82, 2.24) is 13.5 Å². The Kier molecular flexibility index (Phi) is 7.24. The van der Waals surface area contributed by atoms with Crippen LogP contribution in [-0.4, -0.2) is 81.3 Å². The zero-order valence-corrected chi connectivity index (χ0v) is 18.5. The Balaban J connectivity index is 2.24. The predicted octanol–water partition coefficient (Wildman–Crippen LogP) is 1.13. The Bertz CT molecular complexity index is 917. The number of piperazine rings is 1. The van der Waals surface area contributed by atoms with Crippen molar-refractivity contribution in [3.05, 3.63) is 29.3 Å². The summed E-state index contributed by atoms with van der Waals surface area (Å²) in [6, 6.07) is 4.69. The molecule has 0 atom stereocenters. The molecule has 1 fully saturated rings. The first-order valence-electron chi connectivity index (χ1n) is 9.46. The molecule has 0 aliphatic carbocycles. The second-order valence-electron chi connectivity index (χ2n) is 6.66. The number of rotatable bonds is 7. The van der Waals surface area contributed by atoms with Crippen molar-refractivity contribution < 1.29 is 21.6 Å². The summed E-state index contributed by atoms with van der Waals surface area (Å²) in [6.45, 7) is 8.61. The largest absolute Gasteiger partial charge is 0.336 e. The van der Waals surface area contributed by atoms with E-state index in [1.165, 1.54) is 14.7 Å². The molecule has 1 heterocycles. The van der Waals surface area contributed by atoms with Crippen molar-refractivity contribution in [3.63, 3.8) is 0 Å². The molecule has 0 spiro atoms. The zero-order chi connectivity index (χ0) is 21.1. The Morgan fingerprint density at radius 2 is 1.57 bits per heavy atom. The average Bonchev–Trinajstić information content (AvgIpc) is 2.68. The summed E-state index contributed by atoms with van der Waals surface area (Å²) in [5, 5.41) is 0. The molecule has 1 saturated heterocycles. The molecule has 0 radical (unpaired) electrons. The predicted molar refractivity (Wildman–Crippen MR) is 108 cm³/mol. The lowest BCUT2D eigenvalue weighted by Gasteiger charge is -2.34. The van der Waals surface area contributed by atoms with Crippen LogP contribution in [-0.2, 0) is 20.0 Å². The van der Waals surface area contributed by atoms with E-state index in [4.69, 9.17) is 0 Å². The van der Waals surface area contributed by atoms with Gasteiger partial charge in [0.1, 0.15) is 0 Å². The highest BCUT2D eigenvalue weighted by atomic mass is 32.2. The van der Waals surface area contributed by atoms with E-state index in [-0.39, 0.29) is 42.7 Å². The van der Waals surface area contributed by atoms with E-state index in [1.807, 2.05) is 0 Å². The van der Waals surface area contributed by atoms with Crippen LogP contribution in [0.25, 0.3) is 0 Å². The number of nitrogens with zero attached hydrogens (tertiary/aromatic N) is 3. The summed E-state index contributed by atoms with van der Waals surface area (Å²) < 4.78 is 52.4. The van der Waals surface area contributed by atoms with Crippen LogP contribution >= 0.6 is 0 Å². The van der Waals surface area contributed by atoms with E-state index in [0.29, 0.717) is 24.2 Å². The van der Waals surface area contributed by atoms with Crippen molar-refractivity contribution >= 4 is 26.0 Å². The third-order valence-corrected chi connectivity index (χ3v) is 9.12. The quantitative estimate of drug-likeness (QED) is 0.645. The molecular formula is C18H29N3O5S2. The van der Waals surface area contributed by atoms with Crippen LogP contribution in [0.3, 0.4) is 0 Å². The maximum absolute atomic E-state index is 12.9. The van der Waals surface area contributed by atoms with Gasteiger partial charge in [0.2, 0.25) is 20.0 Å². The van der Waals surface area contributed by atoms with Crippen LogP contribution in [0.1, 0.15) is 36.7 Å². The maximum atomic E-state index is 12.9. The molecule has 0 aromatic heterocycles. The minimum Gasteiger partial charge on any atom is -0.336 e. The van der Waals surface area contributed by atoms with Gasteiger partial charge in [-0.25, -0.2) is 16.8 Å². The Labute approximate surface area is 168 Å². The molecule has 1 aliphatic rings. The molecule has 10 heteroatoms. The normalized spacial score (nSPS) is 16.5. The number of sulfonamides is 2. The van der Waals surface area contributed by atoms with Crippen molar-refractivity contribution in [2.45, 2.75) is 32.6 Å². The number of hydrogen-bond donors (Lipinski definition) is 0. The van der Waals surface area contributed by atoms with Crippen molar-refractivity contribution in [2.75, 3.05) is 45.0 Å². The Hall–Kier alpha value is -1.49. The summed E-state index contributed by atoms with van der Waals surface area (Å²) >= 11 is 0. The highest BCUT2D eigenvalue weighted by Gasteiger charge is 2.29. The van der Waals surface area contributed by atoms with Gasteiger partial charge in [0, 0.05) is 44.8 Å². The van der Waals surface area contributed by atoms with E-state index >= 15 is 0 Å². The highest BCUT2D eigenvalue weighted by molar-refractivity contribution is 7.89. The molecule has 2 rings (SSSR count). The number of benzene rings is 1. The van der Waals surface area contributed by atoms with Crippen molar-refractivity contribution in [3.8, 4) is 0 Å². The SMILES string of the molecule is CCN(CC)S(=O)(=O)c1cc(C(=O)N2CCN(S(=O)(=O)CC)CC2)ccc1C. The van der Waals surface area contributed by atoms with Gasteiger partial charge in [0.05, 0.1) is 10.6 Å². The molecule has 158 valence electrons. The number of hydrogen-bond acceptors (Lipinski definition) is 5. The summed E-state index contributed by atoms with van der Waals surface area (Å²) in [7, 11) is -6.95. The summed E-state index contributed by atoms with van der Waals surface area (Å²) in [5.41, 5.74) is 0.880. The fourth-order valence-electron chi connectivity index (χ4n) is 3.25. The van der Waals surface area contributed by atoms with Gasteiger partial charge in [-0.3, -0.25) is 4.79 Å². The number of aryl methyl sites for hydroxylation is 1. The van der Waals surface area contributed by atoms with Gasteiger partial charge >= 0.3 is 0 Å². The summed E-state index contributed by atoms with van der Waals surface area (Å²) in [5.74, 6) is -0.254. The first-order chi connectivity index (χ1) is 13.1. The average molecular weight is 432 g/mol. The van der Waals surface area contributed by atoms with Crippen LogP contribution in [0.4, 0.5) is 0 Å². The molecule has 0 bridgehead atoms.